The van der Waals surface area contributed by atoms with Crippen molar-refractivity contribution in [3.63, 3.8) is 0 Å². The fourth-order valence-electron chi connectivity index (χ4n) is 5.89. The van der Waals surface area contributed by atoms with Crippen molar-refractivity contribution in [2.45, 2.75) is 12.3 Å². The van der Waals surface area contributed by atoms with Crippen molar-refractivity contribution in [3.8, 4) is 11.5 Å². The summed E-state index contributed by atoms with van der Waals surface area (Å²) in [5, 5.41) is 15.7. The Labute approximate surface area is 265 Å². The van der Waals surface area contributed by atoms with Gasteiger partial charge in [-0.1, -0.05) is 46.3 Å². The van der Waals surface area contributed by atoms with Crippen LogP contribution in [0.1, 0.15) is 38.7 Å². The fourth-order valence-corrected chi connectivity index (χ4v) is 6.31. The molecule has 0 fully saturated rings. The lowest BCUT2D eigenvalue weighted by Crippen LogP contribution is -2.28. The zero-order valence-corrected chi connectivity index (χ0v) is 25.9. The molecular weight excluding hydrogens is 644 g/mol. The lowest BCUT2D eigenvalue weighted by Gasteiger charge is -2.22. The monoisotopic (exact) mass is 671 g/mol. The molecule has 0 aliphatic carbocycles. The number of carbonyl (C=O) groups is 1. The van der Waals surface area contributed by atoms with Crippen LogP contribution in [0.15, 0.2) is 94.2 Å². The first-order valence-electron chi connectivity index (χ1n) is 14.2. The van der Waals surface area contributed by atoms with E-state index in [9.17, 15) is 23.5 Å². The molecule has 2 heterocycles. The van der Waals surface area contributed by atoms with Gasteiger partial charge in [0.05, 0.1) is 29.7 Å². The Hall–Kier alpha value is -4.96. The summed E-state index contributed by atoms with van der Waals surface area (Å²) < 4.78 is 35.9. The largest absolute Gasteiger partial charge is 0.507 e. The minimum absolute atomic E-state index is 0.0683. The van der Waals surface area contributed by atoms with E-state index in [2.05, 4.69) is 26.2 Å². The molecule has 1 atom stereocenters. The molecule has 1 unspecified atom stereocenters. The second kappa shape index (κ2) is 12.2. The molecule has 3 N–H and O–H groups in total. The predicted octanol–water partition coefficient (Wildman–Crippen LogP) is 6.93. The third-order valence-corrected chi connectivity index (χ3v) is 8.57. The second-order valence-electron chi connectivity index (χ2n) is 10.7. The molecule has 2 aromatic heterocycles. The number of rotatable bonds is 8. The average Bonchev–Trinajstić information content (AvgIpc) is 3.40. The van der Waals surface area contributed by atoms with Crippen LogP contribution in [0.2, 0.25) is 0 Å². The lowest BCUT2D eigenvalue weighted by atomic mass is 9.85. The van der Waals surface area contributed by atoms with E-state index in [1.165, 1.54) is 16.7 Å². The summed E-state index contributed by atoms with van der Waals surface area (Å²) in [6, 6.07) is 23.6. The van der Waals surface area contributed by atoms with E-state index < -0.39 is 29.0 Å². The molecule has 0 aliphatic rings. The van der Waals surface area contributed by atoms with E-state index in [1.807, 2.05) is 42.5 Å². The minimum atomic E-state index is -1.22. The van der Waals surface area contributed by atoms with Crippen molar-refractivity contribution >= 4 is 43.6 Å². The summed E-state index contributed by atoms with van der Waals surface area (Å²) in [6.07, 6.45) is 0.254. The summed E-state index contributed by atoms with van der Waals surface area (Å²) in [4.78, 5) is 30.4. The molecule has 6 rings (SSSR count). The van der Waals surface area contributed by atoms with Crippen LogP contribution in [0.4, 0.5) is 8.78 Å². The molecule has 10 heteroatoms. The molecule has 0 saturated carbocycles. The van der Waals surface area contributed by atoms with Gasteiger partial charge < -0.3 is 24.7 Å². The highest BCUT2D eigenvalue weighted by Crippen LogP contribution is 2.42. The van der Waals surface area contributed by atoms with E-state index in [1.54, 1.807) is 38.4 Å². The number of aryl methyl sites for hydroxylation is 1. The van der Waals surface area contributed by atoms with Gasteiger partial charge in [-0.05, 0) is 72.1 Å². The maximum Gasteiger partial charge on any atom is 0.258 e. The number of aromatic nitrogens is 2. The van der Waals surface area contributed by atoms with Crippen LogP contribution in [-0.4, -0.2) is 34.2 Å². The van der Waals surface area contributed by atoms with E-state index in [0.29, 0.717) is 22.3 Å². The molecule has 0 spiro atoms. The highest BCUT2D eigenvalue weighted by Gasteiger charge is 2.30. The van der Waals surface area contributed by atoms with Crippen molar-refractivity contribution in [3.05, 3.63) is 139 Å². The van der Waals surface area contributed by atoms with Gasteiger partial charge in [-0.3, -0.25) is 9.59 Å². The Bertz CT molecular complexity index is 2160. The number of nitrogens with zero attached hydrogens (tertiary/aromatic N) is 1. The van der Waals surface area contributed by atoms with Gasteiger partial charge in [-0.15, -0.1) is 0 Å². The van der Waals surface area contributed by atoms with Crippen molar-refractivity contribution in [1.82, 2.24) is 14.9 Å². The number of nitrogens with one attached hydrogen (secondary N) is 2. The molecule has 0 radical (unpaired) electrons. The van der Waals surface area contributed by atoms with E-state index in [0.717, 1.165) is 32.6 Å². The van der Waals surface area contributed by atoms with Crippen LogP contribution in [0, 0.1) is 11.6 Å². The summed E-state index contributed by atoms with van der Waals surface area (Å²) in [5.74, 6) is -3.36. The topological polar surface area (TPSA) is 96.3 Å². The van der Waals surface area contributed by atoms with Crippen LogP contribution >= 0.6 is 15.9 Å². The van der Waals surface area contributed by atoms with Crippen molar-refractivity contribution < 1.29 is 23.4 Å². The third kappa shape index (κ3) is 5.46. The van der Waals surface area contributed by atoms with Crippen molar-refractivity contribution in [2.75, 3.05) is 13.7 Å². The summed E-state index contributed by atoms with van der Waals surface area (Å²) in [5.41, 5.74) is 2.87. The van der Waals surface area contributed by atoms with Gasteiger partial charge in [0.1, 0.15) is 11.5 Å². The second-order valence-corrected chi connectivity index (χ2v) is 11.6. The standard InChI is InChI=1S/C35H28BrF2N3O4/c1-41-28-12-4-3-9-23(28)33(42)30(35(41)44)29(19-7-5-8-20(36)17-19)32-22(25-18-21(45-2)13-14-27(25)40-32)15-16-39-34(43)24-10-6-11-26(37)31(24)38/h3-14,17-18,29,40,42H,15-16H2,1-2H3,(H,39,43). The van der Waals surface area contributed by atoms with Crippen LogP contribution in [0.3, 0.4) is 0 Å². The number of hydrogen-bond acceptors (Lipinski definition) is 4. The number of methoxy groups -OCH3 is 1. The Morgan fingerprint density at radius 3 is 2.58 bits per heavy atom. The summed E-state index contributed by atoms with van der Waals surface area (Å²) >= 11 is 3.55. The molecule has 4 aromatic carbocycles. The molecule has 7 nitrogen and oxygen atoms in total. The van der Waals surface area contributed by atoms with Crippen molar-refractivity contribution in [1.29, 1.82) is 0 Å². The quantitative estimate of drug-likeness (QED) is 0.164. The minimum Gasteiger partial charge on any atom is -0.507 e. The Balaban J connectivity index is 1.53. The summed E-state index contributed by atoms with van der Waals surface area (Å²) in [7, 11) is 3.23. The van der Waals surface area contributed by atoms with Gasteiger partial charge in [0.25, 0.3) is 11.5 Å². The maximum atomic E-state index is 14.3. The fraction of sp³-hybridized carbons (Fsp3) is 0.143. The van der Waals surface area contributed by atoms with Crippen LogP contribution in [-0.2, 0) is 13.5 Å². The van der Waals surface area contributed by atoms with Gasteiger partial charge in [0.2, 0.25) is 0 Å². The number of pyridine rings is 1. The molecule has 0 bridgehead atoms. The molecule has 0 aliphatic heterocycles. The number of hydrogen-bond donors (Lipinski definition) is 3. The van der Waals surface area contributed by atoms with Crippen LogP contribution in [0.5, 0.6) is 11.5 Å². The Morgan fingerprint density at radius 2 is 1.80 bits per heavy atom. The number of halogens is 3. The number of benzene rings is 4. The van der Waals surface area contributed by atoms with Gasteiger partial charge in [-0.2, -0.15) is 0 Å². The van der Waals surface area contributed by atoms with Gasteiger partial charge in [0, 0.05) is 40.0 Å². The Kier molecular flexibility index (Phi) is 8.16. The molecule has 228 valence electrons. The molecule has 1 amide bonds. The van der Waals surface area contributed by atoms with E-state index in [4.69, 9.17) is 4.74 Å². The lowest BCUT2D eigenvalue weighted by molar-refractivity contribution is 0.0949. The van der Waals surface area contributed by atoms with Gasteiger partial charge >= 0.3 is 0 Å². The first-order valence-corrected chi connectivity index (χ1v) is 15.0. The normalized spacial score (nSPS) is 12.0. The van der Waals surface area contributed by atoms with Gasteiger partial charge in [0.15, 0.2) is 11.6 Å². The van der Waals surface area contributed by atoms with Crippen molar-refractivity contribution in [2.24, 2.45) is 7.05 Å². The van der Waals surface area contributed by atoms with E-state index in [-0.39, 0.29) is 29.8 Å². The zero-order chi connectivity index (χ0) is 31.8. The zero-order valence-electron chi connectivity index (χ0n) is 24.3. The van der Waals surface area contributed by atoms with Crippen LogP contribution < -0.4 is 15.6 Å². The first-order chi connectivity index (χ1) is 21.7. The number of aromatic hydroxyl groups is 1. The smallest absolute Gasteiger partial charge is 0.258 e. The van der Waals surface area contributed by atoms with Crippen LogP contribution in [0.25, 0.3) is 21.8 Å². The SMILES string of the molecule is COc1ccc2[nH]c(C(c3cccc(Br)c3)c3c(O)c4ccccc4n(C)c3=O)c(CCNC(=O)c3cccc(F)c3F)c2c1. The summed E-state index contributed by atoms with van der Waals surface area (Å²) in [6.45, 7) is 0.0683. The number of carbonyl (C=O) groups excluding carboxylic acids is 1. The number of para-hydroxylation sites is 1. The Morgan fingerprint density at radius 1 is 1.02 bits per heavy atom. The third-order valence-electron chi connectivity index (χ3n) is 8.07. The first kappa shape index (κ1) is 30.1. The number of amides is 1. The highest BCUT2D eigenvalue weighted by atomic mass is 79.9. The molecule has 0 saturated heterocycles. The molecule has 6 aromatic rings. The number of H-pyrrole nitrogens is 1. The van der Waals surface area contributed by atoms with Gasteiger partial charge in [-0.25, -0.2) is 8.78 Å². The highest BCUT2D eigenvalue weighted by molar-refractivity contribution is 9.10. The number of aromatic amines is 1. The average molecular weight is 673 g/mol. The predicted molar refractivity (Wildman–Crippen MR) is 173 cm³/mol. The maximum absolute atomic E-state index is 14.3. The van der Waals surface area contributed by atoms with E-state index >= 15 is 0 Å². The molecule has 45 heavy (non-hydrogen) atoms. The number of fused-ring (bicyclic) bond motifs is 2. The number of ether oxygens (including phenoxy) is 1. The molecular formula is C35H28BrF2N3O4.